The minimum atomic E-state index is -3.86. The van der Waals surface area contributed by atoms with Gasteiger partial charge in [0.1, 0.15) is 11.5 Å². The molecule has 0 aliphatic rings. The fourth-order valence-electron chi connectivity index (χ4n) is 1.86. The standard InChI is InChI=1S/C15H15NO6S/c1-21-12-7-11(8-13(9-12)22-2)16-23(19,20)14-5-3-10(4-6-14)15(17)18/h3-9,16H,1-2H3,(H,17,18). The summed E-state index contributed by atoms with van der Waals surface area (Å²) in [6.07, 6.45) is 0. The SMILES string of the molecule is COc1cc(NS(=O)(=O)c2ccc(C(=O)O)cc2)cc(OC)c1. The number of aromatic carboxylic acids is 1. The Hall–Kier alpha value is -2.74. The first-order valence-corrected chi connectivity index (χ1v) is 7.93. The first-order chi connectivity index (χ1) is 10.9. The number of anilines is 1. The highest BCUT2D eigenvalue weighted by molar-refractivity contribution is 7.92. The van der Waals surface area contributed by atoms with Crippen LogP contribution in [-0.4, -0.2) is 33.7 Å². The van der Waals surface area contributed by atoms with Crippen LogP contribution in [0.15, 0.2) is 47.4 Å². The summed E-state index contributed by atoms with van der Waals surface area (Å²) in [4.78, 5) is 10.7. The molecule has 0 aliphatic heterocycles. The summed E-state index contributed by atoms with van der Waals surface area (Å²) < 4.78 is 37.2. The topological polar surface area (TPSA) is 102 Å². The van der Waals surface area contributed by atoms with Crippen LogP contribution in [0.5, 0.6) is 11.5 Å². The van der Waals surface area contributed by atoms with E-state index in [1.165, 1.54) is 50.6 Å². The maximum atomic E-state index is 12.3. The monoisotopic (exact) mass is 337 g/mol. The Bertz CT molecular complexity index is 792. The maximum Gasteiger partial charge on any atom is 0.335 e. The van der Waals surface area contributed by atoms with Crippen LogP contribution in [0.1, 0.15) is 10.4 Å². The van der Waals surface area contributed by atoms with Crippen molar-refractivity contribution in [3.63, 3.8) is 0 Å². The Kier molecular flexibility index (Phi) is 4.75. The fourth-order valence-corrected chi connectivity index (χ4v) is 2.90. The van der Waals surface area contributed by atoms with Gasteiger partial charge in [0.05, 0.1) is 30.4 Å². The number of sulfonamides is 1. The number of hydrogen-bond acceptors (Lipinski definition) is 5. The number of rotatable bonds is 6. The molecule has 0 spiro atoms. The average Bonchev–Trinajstić information content (AvgIpc) is 2.54. The largest absolute Gasteiger partial charge is 0.497 e. The number of methoxy groups -OCH3 is 2. The lowest BCUT2D eigenvalue weighted by molar-refractivity contribution is 0.0696. The first-order valence-electron chi connectivity index (χ1n) is 6.45. The Morgan fingerprint density at radius 2 is 1.52 bits per heavy atom. The molecule has 2 aromatic carbocycles. The third-order valence-electron chi connectivity index (χ3n) is 3.02. The second-order valence-electron chi connectivity index (χ2n) is 4.54. The molecule has 8 heteroatoms. The molecule has 0 unspecified atom stereocenters. The minimum Gasteiger partial charge on any atom is -0.497 e. The van der Waals surface area contributed by atoms with Gasteiger partial charge in [0.2, 0.25) is 0 Å². The van der Waals surface area contributed by atoms with E-state index in [1.807, 2.05) is 0 Å². The Morgan fingerprint density at radius 3 is 1.96 bits per heavy atom. The molecule has 122 valence electrons. The quantitative estimate of drug-likeness (QED) is 0.838. The van der Waals surface area contributed by atoms with Gasteiger partial charge in [-0.1, -0.05) is 0 Å². The molecule has 0 saturated carbocycles. The zero-order valence-corrected chi connectivity index (χ0v) is 13.3. The summed E-state index contributed by atoms with van der Waals surface area (Å²) in [6.45, 7) is 0. The highest BCUT2D eigenvalue weighted by Crippen LogP contribution is 2.27. The molecule has 7 nitrogen and oxygen atoms in total. The van der Waals surface area contributed by atoms with Crippen molar-refractivity contribution in [1.29, 1.82) is 0 Å². The lowest BCUT2D eigenvalue weighted by Crippen LogP contribution is -2.13. The molecule has 2 aromatic rings. The third-order valence-corrected chi connectivity index (χ3v) is 4.41. The molecular formula is C15H15NO6S. The molecule has 0 saturated heterocycles. The van der Waals surface area contributed by atoms with Crippen LogP contribution < -0.4 is 14.2 Å². The summed E-state index contributed by atoms with van der Waals surface area (Å²) in [5.74, 6) is -0.258. The van der Waals surface area contributed by atoms with Gasteiger partial charge in [-0.25, -0.2) is 13.2 Å². The van der Waals surface area contributed by atoms with Gasteiger partial charge in [0, 0.05) is 18.2 Å². The normalized spacial score (nSPS) is 10.9. The summed E-state index contributed by atoms with van der Waals surface area (Å²) >= 11 is 0. The van der Waals surface area contributed by atoms with Crippen LogP contribution >= 0.6 is 0 Å². The van der Waals surface area contributed by atoms with E-state index in [9.17, 15) is 13.2 Å². The van der Waals surface area contributed by atoms with E-state index in [1.54, 1.807) is 6.07 Å². The van der Waals surface area contributed by atoms with Gasteiger partial charge in [-0.2, -0.15) is 0 Å². The van der Waals surface area contributed by atoms with Crippen LogP contribution in [0.4, 0.5) is 5.69 Å². The number of carboxylic acid groups (broad SMARTS) is 1. The predicted molar refractivity (Wildman–Crippen MR) is 83.8 cm³/mol. The number of carboxylic acids is 1. The van der Waals surface area contributed by atoms with Gasteiger partial charge in [0.15, 0.2) is 0 Å². The molecule has 23 heavy (non-hydrogen) atoms. The van der Waals surface area contributed by atoms with Crippen molar-refractivity contribution >= 4 is 21.7 Å². The molecule has 0 radical (unpaired) electrons. The molecule has 0 fully saturated rings. The smallest absolute Gasteiger partial charge is 0.335 e. The van der Waals surface area contributed by atoms with Crippen molar-refractivity contribution in [3.8, 4) is 11.5 Å². The average molecular weight is 337 g/mol. The van der Waals surface area contributed by atoms with Gasteiger partial charge in [-0.05, 0) is 24.3 Å². The number of benzene rings is 2. The molecule has 2 rings (SSSR count). The van der Waals surface area contributed by atoms with Crippen LogP contribution in [0.25, 0.3) is 0 Å². The lowest BCUT2D eigenvalue weighted by Gasteiger charge is -2.11. The highest BCUT2D eigenvalue weighted by atomic mass is 32.2. The number of hydrogen-bond donors (Lipinski definition) is 2. The molecule has 0 aliphatic carbocycles. The Labute approximate surface area is 133 Å². The lowest BCUT2D eigenvalue weighted by atomic mass is 10.2. The van der Waals surface area contributed by atoms with Crippen molar-refractivity contribution in [1.82, 2.24) is 0 Å². The second-order valence-corrected chi connectivity index (χ2v) is 6.22. The third kappa shape index (κ3) is 3.92. The molecule has 0 heterocycles. The Balaban J connectivity index is 2.32. The van der Waals surface area contributed by atoms with Gasteiger partial charge in [-0.3, -0.25) is 4.72 Å². The molecule has 0 amide bonds. The number of carbonyl (C=O) groups is 1. The fraction of sp³-hybridized carbons (Fsp3) is 0.133. The molecular weight excluding hydrogens is 322 g/mol. The van der Waals surface area contributed by atoms with E-state index in [4.69, 9.17) is 14.6 Å². The zero-order chi connectivity index (χ0) is 17.0. The van der Waals surface area contributed by atoms with Crippen LogP contribution in [0.2, 0.25) is 0 Å². The highest BCUT2D eigenvalue weighted by Gasteiger charge is 2.16. The first kappa shape index (κ1) is 16.6. The summed E-state index contributed by atoms with van der Waals surface area (Å²) in [5.41, 5.74) is 0.274. The maximum absolute atomic E-state index is 12.3. The van der Waals surface area contributed by atoms with Crippen molar-refractivity contribution in [2.45, 2.75) is 4.90 Å². The molecule has 2 N–H and O–H groups in total. The number of nitrogens with one attached hydrogen (secondary N) is 1. The van der Waals surface area contributed by atoms with E-state index >= 15 is 0 Å². The second kappa shape index (κ2) is 6.57. The minimum absolute atomic E-state index is 0.00648. The van der Waals surface area contributed by atoms with Crippen molar-refractivity contribution < 1.29 is 27.8 Å². The van der Waals surface area contributed by atoms with Gasteiger partial charge in [-0.15, -0.1) is 0 Å². The Morgan fingerprint density at radius 1 is 1.00 bits per heavy atom. The summed E-state index contributed by atoms with van der Waals surface area (Å²) in [7, 11) is -0.948. The van der Waals surface area contributed by atoms with Crippen molar-refractivity contribution in [3.05, 3.63) is 48.0 Å². The van der Waals surface area contributed by atoms with E-state index in [0.717, 1.165) is 0 Å². The van der Waals surface area contributed by atoms with Crippen LogP contribution in [0, 0.1) is 0 Å². The molecule has 0 atom stereocenters. The van der Waals surface area contributed by atoms with E-state index in [-0.39, 0.29) is 16.1 Å². The molecule has 0 aromatic heterocycles. The summed E-state index contributed by atoms with van der Waals surface area (Å²) in [6, 6.07) is 9.52. The van der Waals surface area contributed by atoms with Crippen LogP contribution in [0.3, 0.4) is 0 Å². The van der Waals surface area contributed by atoms with Gasteiger partial charge >= 0.3 is 5.97 Å². The number of ether oxygens (including phenoxy) is 2. The van der Waals surface area contributed by atoms with E-state index in [2.05, 4.69) is 4.72 Å². The zero-order valence-electron chi connectivity index (χ0n) is 12.4. The van der Waals surface area contributed by atoms with Crippen LogP contribution in [-0.2, 0) is 10.0 Å². The van der Waals surface area contributed by atoms with Crippen molar-refractivity contribution in [2.75, 3.05) is 18.9 Å². The molecule has 0 bridgehead atoms. The van der Waals surface area contributed by atoms with E-state index < -0.39 is 16.0 Å². The summed E-state index contributed by atoms with van der Waals surface area (Å²) in [5, 5.41) is 8.84. The van der Waals surface area contributed by atoms with Crippen molar-refractivity contribution in [2.24, 2.45) is 0 Å². The van der Waals surface area contributed by atoms with Gasteiger partial charge in [0.25, 0.3) is 10.0 Å². The van der Waals surface area contributed by atoms with Gasteiger partial charge < -0.3 is 14.6 Å². The van der Waals surface area contributed by atoms with E-state index in [0.29, 0.717) is 11.5 Å². The predicted octanol–water partition coefficient (Wildman–Crippen LogP) is 2.20.